The van der Waals surface area contributed by atoms with Crippen molar-refractivity contribution in [3.8, 4) is 17.2 Å². The number of hydrogen-bond acceptors (Lipinski definition) is 6. The number of nitrogens with zero attached hydrogens (tertiary/aromatic N) is 1. The van der Waals surface area contributed by atoms with Crippen molar-refractivity contribution >= 4 is 11.7 Å². The third kappa shape index (κ3) is 4.45. The van der Waals surface area contributed by atoms with Crippen LogP contribution in [-0.4, -0.2) is 24.6 Å². The molecule has 24 heavy (non-hydrogen) atoms. The van der Waals surface area contributed by atoms with Crippen LogP contribution in [0.3, 0.4) is 0 Å². The molecule has 0 aliphatic heterocycles. The molecular weight excluding hydrogens is 314 g/mol. The molecule has 0 amide bonds. The number of carbonyl (C=O) groups is 1. The highest BCUT2D eigenvalue weighted by molar-refractivity contribution is 5.76. The largest absolute Gasteiger partial charge is 0.496 e. The Labute approximate surface area is 138 Å². The Hall–Kier alpha value is -3.09. The molecule has 2 aromatic carbocycles. The monoisotopic (exact) mass is 331 g/mol. The quantitative estimate of drug-likeness (QED) is 0.335. The van der Waals surface area contributed by atoms with Crippen LogP contribution in [0.1, 0.15) is 12.5 Å². The second-order valence-corrected chi connectivity index (χ2v) is 4.82. The fourth-order valence-corrected chi connectivity index (χ4v) is 2.05. The van der Waals surface area contributed by atoms with Crippen LogP contribution < -0.4 is 14.2 Å². The molecule has 0 heterocycles. The lowest BCUT2D eigenvalue weighted by Crippen LogP contribution is -2.12. The van der Waals surface area contributed by atoms with Crippen molar-refractivity contribution in [1.29, 1.82) is 0 Å². The molecule has 0 saturated carbocycles. The summed E-state index contributed by atoms with van der Waals surface area (Å²) in [5, 5.41) is 11.1. The Balaban J connectivity index is 2.08. The molecule has 2 aromatic rings. The van der Waals surface area contributed by atoms with Gasteiger partial charge in [-0.05, 0) is 36.8 Å². The van der Waals surface area contributed by atoms with E-state index in [1.165, 1.54) is 25.3 Å². The van der Waals surface area contributed by atoms with Gasteiger partial charge in [0.05, 0.1) is 31.1 Å². The lowest BCUT2D eigenvalue weighted by Gasteiger charge is -2.07. The molecular formula is C17H17NO6. The molecule has 0 radical (unpaired) electrons. The number of esters is 1. The van der Waals surface area contributed by atoms with Gasteiger partial charge in [0, 0.05) is 0 Å². The summed E-state index contributed by atoms with van der Waals surface area (Å²) < 4.78 is 15.4. The molecule has 2 rings (SSSR count). The van der Waals surface area contributed by atoms with Crippen molar-refractivity contribution in [2.75, 3.05) is 13.7 Å². The molecule has 0 saturated heterocycles. The second kappa shape index (κ2) is 7.96. The number of benzene rings is 2. The summed E-state index contributed by atoms with van der Waals surface area (Å²) >= 11 is 0. The molecule has 7 heteroatoms. The first kappa shape index (κ1) is 17.3. The van der Waals surface area contributed by atoms with E-state index >= 15 is 0 Å². The highest BCUT2D eigenvalue weighted by atomic mass is 16.6. The summed E-state index contributed by atoms with van der Waals surface area (Å²) in [4.78, 5) is 22.5. The fourth-order valence-electron chi connectivity index (χ4n) is 2.05. The summed E-state index contributed by atoms with van der Waals surface area (Å²) in [6, 6.07) is 11.0. The second-order valence-electron chi connectivity index (χ2n) is 4.82. The number of ether oxygens (including phenoxy) is 3. The number of hydrogen-bond donors (Lipinski definition) is 0. The summed E-state index contributed by atoms with van der Waals surface area (Å²) in [5.74, 6) is 0.317. The summed E-state index contributed by atoms with van der Waals surface area (Å²) in [6.07, 6.45) is -0.00438. The van der Waals surface area contributed by atoms with E-state index < -0.39 is 10.9 Å². The maximum absolute atomic E-state index is 12.0. The van der Waals surface area contributed by atoms with Gasteiger partial charge in [-0.2, -0.15) is 0 Å². The van der Waals surface area contributed by atoms with Crippen LogP contribution in [0.2, 0.25) is 0 Å². The van der Waals surface area contributed by atoms with Crippen LogP contribution in [0.4, 0.5) is 5.69 Å². The molecule has 0 N–H and O–H groups in total. The minimum atomic E-state index is -0.623. The van der Waals surface area contributed by atoms with Crippen molar-refractivity contribution in [3.05, 3.63) is 58.1 Å². The van der Waals surface area contributed by atoms with Crippen molar-refractivity contribution in [2.24, 2.45) is 0 Å². The molecule has 0 bridgehead atoms. The van der Waals surface area contributed by atoms with Crippen LogP contribution >= 0.6 is 0 Å². The Kier molecular flexibility index (Phi) is 5.73. The van der Waals surface area contributed by atoms with Crippen LogP contribution in [0.5, 0.6) is 17.2 Å². The van der Waals surface area contributed by atoms with Gasteiger partial charge in [0.2, 0.25) is 5.75 Å². The zero-order valence-corrected chi connectivity index (χ0v) is 13.4. The normalized spacial score (nSPS) is 10.1. The highest BCUT2D eigenvalue weighted by Crippen LogP contribution is 2.31. The van der Waals surface area contributed by atoms with Crippen molar-refractivity contribution in [2.45, 2.75) is 13.3 Å². The molecule has 126 valence electrons. The van der Waals surface area contributed by atoms with E-state index in [2.05, 4.69) is 0 Å². The zero-order valence-electron chi connectivity index (χ0n) is 13.4. The third-order valence-electron chi connectivity index (χ3n) is 3.17. The van der Waals surface area contributed by atoms with Crippen LogP contribution in [0.25, 0.3) is 0 Å². The Morgan fingerprint density at radius 3 is 2.38 bits per heavy atom. The number of nitro benzene ring substituents is 1. The van der Waals surface area contributed by atoms with Crippen molar-refractivity contribution in [1.82, 2.24) is 0 Å². The Morgan fingerprint density at radius 1 is 1.12 bits per heavy atom. The Bertz CT molecular complexity index is 726. The highest BCUT2D eigenvalue weighted by Gasteiger charge is 2.19. The van der Waals surface area contributed by atoms with Gasteiger partial charge in [0.25, 0.3) is 0 Å². The fraction of sp³-hybridized carbons (Fsp3) is 0.235. The molecule has 0 unspecified atom stereocenters. The zero-order chi connectivity index (χ0) is 17.5. The molecule has 0 aliphatic carbocycles. The average Bonchev–Trinajstić information content (AvgIpc) is 2.57. The van der Waals surface area contributed by atoms with Crippen molar-refractivity contribution < 1.29 is 23.9 Å². The first-order chi connectivity index (χ1) is 11.5. The standard InChI is InChI=1S/C17H17NO6/c1-3-23-13-6-4-12(5-7-13)10-17(19)24-16-9-8-14(22-2)11-15(16)18(20)21/h4-9,11H,3,10H2,1-2H3. The topological polar surface area (TPSA) is 87.9 Å². The van der Waals surface area contributed by atoms with Crippen LogP contribution in [0.15, 0.2) is 42.5 Å². The lowest BCUT2D eigenvalue weighted by atomic mass is 10.1. The van der Waals surface area contributed by atoms with Crippen LogP contribution in [0, 0.1) is 10.1 Å². The number of carbonyl (C=O) groups excluding carboxylic acids is 1. The number of rotatable bonds is 7. The minimum Gasteiger partial charge on any atom is -0.496 e. The average molecular weight is 331 g/mol. The van der Waals surface area contributed by atoms with Crippen LogP contribution in [-0.2, 0) is 11.2 Å². The van der Waals surface area contributed by atoms with Gasteiger partial charge in [-0.3, -0.25) is 14.9 Å². The maximum Gasteiger partial charge on any atom is 0.315 e. The summed E-state index contributed by atoms with van der Waals surface area (Å²) in [7, 11) is 1.40. The summed E-state index contributed by atoms with van der Waals surface area (Å²) in [6.45, 7) is 2.44. The number of nitro groups is 1. The SMILES string of the molecule is CCOc1ccc(CC(=O)Oc2ccc(OC)cc2[N+](=O)[O-])cc1. The predicted molar refractivity (Wildman–Crippen MR) is 86.6 cm³/mol. The van der Waals surface area contributed by atoms with E-state index in [1.54, 1.807) is 24.3 Å². The molecule has 0 fully saturated rings. The van der Waals surface area contributed by atoms with E-state index in [4.69, 9.17) is 14.2 Å². The van der Waals surface area contributed by atoms with Gasteiger partial charge < -0.3 is 14.2 Å². The van der Waals surface area contributed by atoms with E-state index in [-0.39, 0.29) is 17.9 Å². The molecule has 0 aliphatic rings. The third-order valence-corrected chi connectivity index (χ3v) is 3.17. The smallest absolute Gasteiger partial charge is 0.315 e. The first-order valence-corrected chi connectivity index (χ1v) is 7.28. The van der Waals surface area contributed by atoms with E-state index in [0.29, 0.717) is 18.1 Å². The molecule has 7 nitrogen and oxygen atoms in total. The minimum absolute atomic E-state index is 0.00438. The Morgan fingerprint density at radius 2 is 1.79 bits per heavy atom. The number of methoxy groups -OCH3 is 1. The van der Waals surface area contributed by atoms with Gasteiger partial charge in [0.1, 0.15) is 11.5 Å². The predicted octanol–water partition coefficient (Wildman–Crippen LogP) is 3.15. The maximum atomic E-state index is 12.0. The molecule has 0 aromatic heterocycles. The van der Waals surface area contributed by atoms with Crippen molar-refractivity contribution in [3.63, 3.8) is 0 Å². The van der Waals surface area contributed by atoms with Gasteiger partial charge in [-0.15, -0.1) is 0 Å². The van der Waals surface area contributed by atoms with Gasteiger partial charge in [-0.1, -0.05) is 12.1 Å². The molecule has 0 atom stereocenters. The lowest BCUT2D eigenvalue weighted by molar-refractivity contribution is -0.385. The first-order valence-electron chi connectivity index (χ1n) is 7.28. The van der Waals surface area contributed by atoms with E-state index in [1.807, 2.05) is 6.92 Å². The summed E-state index contributed by atoms with van der Waals surface area (Å²) in [5.41, 5.74) is 0.397. The van der Waals surface area contributed by atoms with Gasteiger partial charge >= 0.3 is 11.7 Å². The van der Waals surface area contributed by atoms with Gasteiger partial charge in [0.15, 0.2) is 0 Å². The molecule has 0 spiro atoms. The van der Waals surface area contributed by atoms with E-state index in [9.17, 15) is 14.9 Å². The van der Waals surface area contributed by atoms with E-state index in [0.717, 1.165) is 5.56 Å². The van der Waals surface area contributed by atoms with Gasteiger partial charge in [-0.25, -0.2) is 0 Å².